The van der Waals surface area contributed by atoms with E-state index < -0.39 is 48.3 Å². The Morgan fingerprint density at radius 3 is 2.47 bits per heavy atom. The molecule has 3 aliphatic heterocycles. The van der Waals surface area contributed by atoms with Crippen molar-refractivity contribution >= 4 is 23.7 Å². The Labute approximate surface area is 291 Å². The normalized spacial score (nSPS) is 22.9. The van der Waals surface area contributed by atoms with E-state index in [1.165, 1.54) is 23.5 Å². The summed E-state index contributed by atoms with van der Waals surface area (Å²) in [5.41, 5.74) is 1.13. The number of rotatable bonds is 19. The molecule has 3 aliphatic rings. The molecule has 1 aromatic carbocycles. The largest absolute Gasteiger partial charge is 0.497 e. The van der Waals surface area contributed by atoms with E-state index in [0.29, 0.717) is 57.7 Å². The van der Waals surface area contributed by atoms with Gasteiger partial charge in [0, 0.05) is 32.7 Å². The smallest absolute Gasteiger partial charge is 0.407 e. The van der Waals surface area contributed by atoms with Crippen LogP contribution in [0.1, 0.15) is 47.0 Å². The number of benzene rings is 1. The highest BCUT2D eigenvalue weighted by Gasteiger charge is 2.44. The van der Waals surface area contributed by atoms with Crippen LogP contribution in [0.4, 0.5) is 4.79 Å². The zero-order chi connectivity index (χ0) is 35.6. The molecule has 0 unspecified atom stereocenters. The van der Waals surface area contributed by atoms with E-state index in [1.54, 1.807) is 26.0 Å². The number of carbonyl (C=O) groups is 1. The monoisotopic (exact) mass is 731 g/mol. The molecular weight excluding hydrogens is 677 g/mol. The van der Waals surface area contributed by atoms with Crippen molar-refractivity contribution in [2.24, 2.45) is 11.8 Å². The number of carbonyl (C=O) groups excluding carboxylic acids is 1. The standard InChI is InChI=1S/C33H54N3O11PS/c1-6-45-48(39,46-7-2)19-15-25-12-16-35(17-13-25)21-29(34-33(38)47-31-23-44-32-28(31)14-18-43-32)30(37)22-36(20-24(3)4)49(40,41)27-10-8-26(42-5)9-11-27/h8-12,24,28-32,37H,6-7,13-23H2,1-5H3,(H,34,38)/t28-,29-,30+,31-,32+/m0/s1. The average Bonchev–Trinajstić information content (AvgIpc) is 3.69. The molecule has 2 saturated heterocycles. The van der Waals surface area contributed by atoms with Gasteiger partial charge in [0.2, 0.25) is 10.0 Å². The quantitative estimate of drug-likeness (QED) is 0.156. The SMILES string of the molecule is CCOP(=O)(CCC1=CCN(C[C@H](NC(=O)O[C@H]2CO[C@H]3OCC[C@H]32)[C@H](O)CN(CC(C)C)S(=O)(=O)c2ccc(OC)cc2)CC1)OCC. The fourth-order valence-electron chi connectivity index (χ4n) is 6.31. The first-order chi connectivity index (χ1) is 23.4. The van der Waals surface area contributed by atoms with Crippen molar-refractivity contribution in [3.8, 4) is 5.75 Å². The third-order valence-corrected chi connectivity index (χ3v) is 12.8. The number of ether oxygens (including phenoxy) is 4. The van der Waals surface area contributed by atoms with E-state index in [-0.39, 0.29) is 43.0 Å². The maximum absolute atomic E-state index is 13.8. The molecule has 0 spiro atoms. The molecule has 5 atom stereocenters. The maximum atomic E-state index is 13.8. The van der Waals surface area contributed by atoms with Gasteiger partial charge in [0.1, 0.15) is 11.9 Å². The van der Waals surface area contributed by atoms with E-state index in [9.17, 15) is 22.9 Å². The zero-order valence-electron chi connectivity index (χ0n) is 29.3. The van der Waals surface area contributed by atoms with Gasteiger partial charge in [-0.15, -0.1) is 0 Å². The average molecular weight is 732 g/mol. The molecule has 14 nitrogen and oxygen atoms in total. The van der Waals surface area contributed by atoms with Gasteiger partial charge in [0.25, 0.3) is 0 Å². The molecular formula is C33H54N3O11PS. The van der Waals surface area contributed by atoms with Crippen molar-refractivity contribution in [3.05, 3.63) is 35.9 Å². The molecule has 1 aromatic rings. The van der Waals surface area contributed by atoms with Gasteiger partial charge in [-0.05, 0) is 63.3 Å². The van der Waals surface area contributed by atoms with Crippen molar-refractivity contribution in [2.75, 3.05) is 72.4 Å². The van der Waals surface area contributed by atoms with Crippen LogP contribution in [0.2, 0.25) is 0 Å². The van der Waals surface area contributed by atoms with Crippen LogP contribution in [0.3, 0.4) is 0 Å². The minimum absolute atomic E-state index is 0.0352. The fourth-order valence-corrected chi connectivity index (χ4v) is 9.61. The second-order valence-corrected chi connectivity index (χ2v) is 17.1. The summed E-state index contributed by atoms with van der Waals surface area (Å²) in [6.45, 7) is 10.1. The summed E-state index contributed by atoms with van der Waals surface area (Å²) in [4.78, 5) is 15.4. The molecule has 0 aliphatic carbocycles. The number of methoxy groups -OCH3 is 1. The highest BCUT2D eigenvalue weighted by Crippen LogP contribution is 2.49. The molecule has 2 N–H and O–H groups in total. The summed E-state index contributed by atoms with van der Waals surface area (Å²) in [5.74, 6) is 0.431. The van der Waals surface area contributed by atoms with Crippen LogP contribution >= 0.6 is 7.60 Å². The lowest BCUT2D eigenvalue weighted by Gasteiger charge is -2.35. The molecule has 2 fully saturated rings. The Balaban J connectivity index is 1.47. The maximum Gasteiger partial charge on any atom is 0.407 e. The highest BCUT2D eigenvalue weighted by molar-refractivity contribution is 7.89. The van der Waals surface area contributed by atoms with E-state index in [0.717, 1.165) is 12.0 Å². The summed E-state index contributed by atoms with van der Waals surface area (Å²) in [6.07, 6.45) is 1.48. The Bertz CT molecular complexity index is 1380. The van der Waals surface area contributed by atoms with Crippen LogP contribution < -0.4 is 10.1 Å². The van der Waals surface area contributed by atoms with E-state index in [4.69, 9.17) is 28.0 Å². The van der Waals surface area contributed by atoms with Gasteiger partial charge in [0.05, 0.1) is 62.7 Å². The number of alkyl carbamates (subject to hydrolysis) is 1. The topological polar surface area (TPSA) is 162 Å². The van der Waals surface area contributed by atoms with E-state index in [2.05, 4.69) is 16.3 Å². The van der Waals surface area contributed by atoms with Gasteiger partial charge in [-0.1, -0.05) is 25.5 Å². The Hall–Kier alpha value is -2.07. The predicted octanol–water partition coefficient (Wildman–Crippen LogP) is 3.85. The number of nitrogens with zero attached hydrogens (tertiary/aromatic N) is 2. The number of hydrogen-bond acceptors (Lipinski definition) is 12. The first-order valence-corrected chi connectivity index (χ1v) is 20.3. The molecule has 1 amide bonds. The molecule has 4 rings (SSSR count). The number of aliphatic hydroxyl groups excluding tert-OH is 1. The van der Waals surface area contributed by atoms with Crippen LogP contribution in [0.15, 0.2) is 40.8 Å². The van der Waals surface area contributed by atoms with Crippen molar-refractivity contribution in [3.63, 3.8) is 0 Å². The number of sulfonamides is 1. The second-order valence-electron chi connectivity index (χ2n) is 13.0. The number of amides is 1. The molecule has 0 aromatic heterocycles. The van der Waals surface area contributed by atoms with Crippen molar-refractivity contribution < 1.29 is 50.9 Å². The van der Waals surface area contributed by atoms with Crippen molar-refractivity contribution in [1.82, 2.24) is 14.5 Å². The molecule has 278 valence electrons. The van der Waals surface area contributed by atoms with Crippen molar-refractivity contribution in [2.45, 2.75) is 76.4 Å². The van der Waals surface area contributed by atoms with Gasteiger partial charge in [-0.3, -0.25) is 9.46 Å². The second kappa shape index (κ2) is 18.4. The summed E-state index contributed by atoms with van der Waals surface area (Å²) < 4.78 is 74.8. The van der Waals surface area contributed by atoms with Crippen LogP contribution in [0.25, 0.3) is 0 Å². The summed E-state index contributed by atoms with van der Waals surface area (Å²) in [7, 11) is -5.65. The van der Waals surface area contributed by atoms with Crippen LogP contribution in [-0.4, -0.2) is 126 Å². The first kappa shape index (κ1) is 39.7. The van der Waals surface area contributed by atoms with Crippen molar-refractivity contribution in [1.29, 1.82) is 0 Å². The highest BCUT2D eigenvalue weighted by atomic mass is 32.2. The van der Waals surface area contributed by atoms with Crippen LogP contribution in [0.5, 0.6) is 5.75 Å². The lowest BCUT2D eigenvalue weighted by Crippen LogP contribution is -2.55. The Kier molecular flexibility index (Phi) is 14.9. The minimum atomic E-state index is -4.00. The summed E-state index contributed by atoms with van der Waals surface area (Å²) in [6, 6.07) is 5.24. The lowest BCUT2D eigenvalue weighted by atomic mass is 10.0. The molecule has 0 bridgehead atoms. The molecule has 3 heterocycles. The molecule has 0 saturated carbocycles. The van der Waals surface area contributed by atoms with Gasteiger partial charge in [-0.2, -0.15) is 4.31 Å². The Morgan fingerprint density at radius 1 is 1.14 bits per heavy atom. The van der Waals surface area contributed by atoms with Gasteiger partial charge in [0.15, 0.2) is 6.29 Å². The van der Waals surface area contributed by atoms with Gasteiger partial charge in [-0.25, -0.2) is 13.2 Å². The van der Waals surface area contributed by atoms with Crippen LogP contribution in [0, 0.1) is 11.8 Å². The number of fused-ring (bicyclic) bond motifs is 1. The molecule has 49 heavy (non-hydrogen) atoms. The van der Waals surface area contributed by atoms with Gasteiger partial charge >= 0.3 is 13.7 Å². The number of hydrogen-bond donors (Lipinski definition) is 2. The molecule has 16 heteroatoms. The van der Waals surface area contributed by atoms with E-state index >= 15 is 0 Å². The number of aliphatic hydroxyl groups is 1. The van der Waals surface area contributed by atoms with E-state index in [1.807, 2.05) is 13.8 Å². The fraction of sp³-hybridized carbons (Fsp3) is 0.727. The third kappa shape index (κ3) is 11.2. The first-order valence-electron chi connectivity index (χ1n) is 17.2. The predicted molar refractivity (Wildman–Crippen MR) is 183 cm³/mol. The zero-order valence-corrected chi connectivity index (χ0v) is 31.0. The lowest BCUT2D eigenvalue weighted by molar-refractivity contribution is -0.0907. The minimum Gasteiger partial charge on any atom is -0.497 e. The van der Waals surface area contributed by atoms with Crippen LogP contribution in [-0.2, 0) is 37.8 Å². The van der Waals surface area contributed by atoms with Gasteiger partial charge < -0.3 is 38.4 Å². The number of nitrogens with one attached hydrogen (secondary N) is 1. The third-order valence-electron chi connectivity index (χ3n) is 8.87. The summed E-state index contributed by atoms with van der Waals surface area (Å²) in [5, 5.41) is 14.5. The Morgan fingerprint density at radius 2 is 1.86 bits per heavy atom. The summed E-state index contributed by atoms with van der Waals surface area (Å²) >= 11 is 0. The molecule has 0 radical (unpaired) electrons.